The molecule has 5 nitrogen and oxygen atoms in total. The van der Waals surface area contributed by atoms with E-state index in [0.717, 1.165) is 0 Å². The normalized spacial score (nSPS) is 11.2. The first kappa shape index (κ1) is 14.4. The summed E-state index contributed by atoms with van der Waals surface area (Å²) in [4.78, 5) is 11.1. The quantitative estimate of drug-likeness (QED) is 0.483. The number of nitrogens with one attached hydrogen (secondary N) is 1. The SMILES string of the molecule is Cc1ccc(NC(=O)CCI)cc1S(=O)(=O)O. The summed E-state index contributed by atoms with van der Waals surface area (Å²) in [5.74, 6) is -0.190. The largest absolute Gasteiger partial charge is 0.326 e. The fourth-order valence-electron chi connectivity index (χ4n) is 1.27. The van der Waals surface area contributed by atoms with E-state index in [2.05, 4.69) is 27.9 Å². The van der Waals surface area contributed by atoms with Crippen molar-refractivity contribution in [3.05, 3.63) is 23.8 Å². The molecule has 1 aromatic rings. The predicted octanol–water partition coefficient (Wildman–Crippen LogP) is 2.01. The van der Waals surface area contributed by atoms with Crippen LogP contribution < -0.4 is 5.32 Å². The van der Waals surface area contributed by atoms with Gasteiger partial charge < -0.3 is 5.32 Å². The fraction of sp³-hybridized carbons (Fsp3) is 0.300. The van der Waals surface area contributed by atoms with Crippen LogP contribution in [0.15, 0.2) is 23.1 Å². The van der Waals surface area contributed by atoms with Gasteiger partial charge in [0.1, 0.15) is 0 Å². The molecule has 1 rings (SSSR count). The van der Waals surface area contributed by atoms with E-state index in [1.807, 2.05) is 0 Å². The maximum absolute atomic E-state index is 11.3. The number of hydrogen-bond acceptors (Lipinski definition) is 3. The van der Waals surface area contributed by atoms with Crippen LogP contribution in [0.2, 0.25) is 0 Å². The van der Waals surface area contributed by atoms with Gasteiger partial charge in [0.2, 0.25) is 5.91 Å². The Bertz CT molecular complexity index is 527. The smallest absolute Gasteiger partial charge is 0.294 e. The minimum Gasteiger partial charge on any atom is -0.326 e. The third kappa shape index (κ3) is 4.25. The number of aryl methyl sites for hydroxylation is 1. The van der Waals surface area contributed by atoms with E-state index < -0.39 is 10.1 Å². The molecule has 0 spiro atoms. The van der Waals surface area contributed by atoms with E-state index in [-0.39, 0.29) is 10.8 Å². The molecule has 0 aliphatic rings. The van der Waals surface area contributed by atoms with Crippen molar-refractivity contribution in [3.63, 3.8) is 0 Å². The molecule has 0 bridgehead atoms. The molecule has 94 valence electrons. The highest BCUT2D eigenvalue weighted by atomic mass is 127. The fourth-order valence-corrected chi connectivity index (χ4v) is 2.51. The topological polar surface area (TPSA) is 83.5 Å². The lowest BCUT2D eigenvalue weighted by atomic mass is 10.2. The Hall–Kier alpha value is -0.670. The van der Waals surface area contributed by atoms with Crippen molar-refractivity contribution in [3.8, 4) is 0 Å². The molecular formula is C10H12INO4S. The van der Waals surface area contributed by atoms with Crippen LogP contribution in [0.1, 0.15) is 12.0 Å². The molecule has 1 aromatic carbocycles. The Kier molecular flexibility index (Phi) is 4.90. The molecule has 0 radical (unpaired) electrons. The zero-order chi connectivity index (χ0) is 13.1. The van der Waals surface area contributed by atoms with Crippen LogP contribution in [0.5, 0.6) is 0 Å². The van der Waals surface area contributed by atoms with Crippen molar-refractivity contribution in [1.29, 1.82) is 0 Å². The molecule has 0 atom stereocenters. The van der Waals surface area contributed by atoms with E-state index in [1.54, 1.807) is 13.0 Å². The van der Waals surface area contributed by atoms with E-state index in [0.29, 0.717) is 22.1 Å². The predicted molar refractivity (Wildman–Crippen MR) is 73.1 cm³/mol. The zero-order valence-electron chi connectivity index (χ0n) is 9.10. The molecule has 17 heavy (non-hydrogen) atoms. The summed E-state index contributed by atoms with van der Waals surface area (Å²) in [5.41, 5.74) is 0.789. The molecule has 0 saturated carbocycles. The van der Waals surface area contributed by atoms with Crippen LogP contribution in [0.25, 0.3) is 0 Å². The Morgan fingerprint density at radius 3 is 2.65 bits per heavy atom. The monoisotopic (exact) mass is 369 g/mol. The van der Waals surface area contributed by atoms with Gasteiger partial charge >= 0.3 is 0 Å². The second kappa shape index (κ2) is 5.78. The van der Waals surface area contributed by atoms with E-state index in [4.69, 9.17) is 4.55 Å². The summed E-state index contributed by atoms with van der Waals surface area (Å²) >= 11 is 2.07. The standard InChI is InChI=1S/C10H12INO4S/c1-7-2-3-8(12-10(13)4-5-11)6-9(7)17(14,15)16/h2-3,6H,4-5H2,1H3,(H,12,13)(H,14,15,16). The Morgan fingerprint density at radius 1 is 1.47 bits per heavy atom. The van der Waals surface area contributed by atoms with Crippen LogP contribution in [0.3, 0.4) is 0 Å². The maximum atomic E-state index is 11.3. The summed E-state index contributed by atoms with van der Waals surface area (Å²) in [7, 11) is -4.26. The average molecular weight is 369 g/mol. The van der Waals surface area contributed by atoms with Crippen molar-refractivity contribution in [2.45, 2.75) is 18.2 Å². The first-order chi connectivity index (χ1) is 7.84. The summed E-state index contributed by atoms with van der Waals surface area (Å²) in [6, 6.07) is 4.37. The lowest BCUT2D eigenvalue weighted by molar-refractivity contribution is -0.115. The van der Waals surface area contributed by atoms with Gasteiger partial charge in [-0.1, -0.05) is 28.7 Å². The second-order valence-corrected chi connectivity index (χ2v) is 5.91. The van der Waals surface area contributed by atoms with Crippen molar-refractivity contribution >= 4 is 44.3 Å². The molecule has 0 unspecified atom stereocenters. The van der Waals surface area contributed by atoms with Crippen LogP contribution in [0.4, 0.5) is 5.69 Å². The highest BCUT2D eigenvalue weighted by Gasteiger charge is 2.14. The van der Waals surface area contributed by atoms with Crippen molar-refractivity contribution in [1.82, 2.24) is 0 Å². The molecule has 0 aliphatic carbocycles. The van der Waals surface area contributed by atoms with E-state index in [9.17, 15) is 13.2 Å². The Balaban J connectivity index is 3.02. The number of halogens is 1. The number of hydrogen-bond donors (Lipinski definition) is 2. The van der Waals surface area contributed by atoms with Crippen molar-refractivity contribution in [2.24, 2.45) is 0 Å². The number of rotatable bonds is 4. The molecule has 0 saturated heterocycles. The second-order valence-electron chi connectivity index (χ2n) is 3.44. The maximum Gasteiger partial charge on any atom is 0.294 e. The number of anilines is 1. The summed E-state index contributed by atoms with van der Waals surface area (Å²) < 4.78 is 31.8. The molecule has 0 aliphatic heterocycles. The highest BCUT2D eigenvalue weighted by Crippen LogP contribution is 2.20. The van der Waals surface area contributed by atoms with Gasteiger partial charge in [0.05, 0.1) is 4.90 Å². The average Bonchev–Trinajstić information content (AvgIpc) is 2.19. The Labute approximate surface area is 113 Å². The number of alkyl halides is 1. The third-order valence-corrected chi connectivity index (χ3v) is 3.61. The van der Waals surface area contributed by atoms with Gasteiger partial charge in [0, 0.05) is 16.5 Å². The number of amides is 1. The molecule has 0 fully saturated rings. The molecule has 0 heterocycles. The molecule has 1 amide bonds. The minimum absolute atomic E-state index is 0.190. The summed E-state index contributed by atoms with van der Waals surface area (Å²) in [6.07, 6.45) is 0.357. The van der Waals surface area contributed by atoms with Crippen molar-refractivity contribution in [2.75, 3.05) is 9.74 Å². The number of benzene rings is 1. The summed E-state index contributed by atoms with van der Waals surface area (Å²) in [5, 5.41) is 2.56. The lowest BCUT2D eigenvalue weighted by Crippen LogP contribution is -2.12. The van der Waals surface area contributed by atoms with Gasteiger partial charge in [-0.25, -0.2) is 0 Å². The lowest BCUT2D eigenvalue weighted by Gasteiger charge is -2.07. The van der Waals surface area contributed by atoms with Crippen LogP contribution in [0, 0.1) is 6.92 Å². The number of carbonyl (C=O) groups excluding carboxylic acids is 1. The van der Waals surface area contributed by atoms with Gasteiger partial charge in [-0.15, -0.1) is 0 Å². The molecule has 2 N–H and O–H groups in total. The Morgan fingerprint density at radius 2 is 2.12 bits per heavy atom. The van der Waals surface area contributed by atoms with Gasteiger partial charge in [-0.2, -0.15) is 8.42 Å². The van der Waals surface area contributed by atoms with Crippen LogP contribution in [-0.4, -0.2) is 23.3 Å². The first-order valence-electron chi connectivity index (χ1n) is 4.78. The van der Waals surface area contributed by atoms with Gasteiger partial charge in [0.25, 0.3) is 10.1 Å². The first-order valence-corrected chi connectivity index (χ1v) is 7.75. The highest BCUT2D eigenvalue weighted by molar-refractivity contribution is 14.1. The van der Waals surface area contributed by atoms with Crippen molar-refractivity contribution < 1.29 is 17.8 Å². The van der Waals surface area contributed by atoms with Crippen LogP contribution in [-0.2, 0) is 14.9 Å². The molecular weight excluding hydrogens is 357 g/mol. The van der Waals surface area contributed by atoms with Gasteiger partial charge in [-0.05, 0) is 24.6 Å². The van der Waals surface area contributed by atoms with Gasteiger partial charge in [0.15, 0.2) is 0 Å². The third-order valence-electron chi connectivity index (χ3n) is 2.07. The molecule has 7 heteroatoms. The van der Waals surface area contributed by atoms with Gasteiger partial charge in [-0.3, -0.25) is 9.35 Å². The summed E-state index contributed by atoms with van der Waals surface area (Å²) in [6.45, 7) is 1.57. The van der Waals surface area contributed by atoms with Crippen LogP contribution >= 0.6 is 22.6 Å². The van der Waals surface area contributed by atoms with E-state index >= 15 is 0 Å². The zero-order valence-corrected chi connectivity index (χ0v) is 12.1. The molecule has 0 aromatic heterocycles. The van der Waals surface area contributed by atoms with E-state index in [1.165, 1.54) is 12.1 Å². The minimum atomic E-state index is -4.26. The number of carbonyl (C=O) groups is 1.